The van der Waals surface area contributed by atoms with Crippen LogP contribution in [0.3, 0.4) is 0 Å². The zero-order valence-electron chi connectivity index (χ0n) is 7.51. The number of alkyl halides is 3. The second kappa shape index (κ2) is 4.13. The zero-order chi connectivity index (χ0) is 10.8. The van der Waals surface area contributed by atoms with Crippen LogP contribution >= 0.6 is 11.8 Å². The molecule has 0 fully saturated rings. The van der Waals surface area contributed by atoms with Crippen LogP contribution in [-0.2, 0) is 0 Å². The highest BCUT2D eigenvalue weighted by Crippen LogP contribution is 2.41. The molecule has 0 amide bonds. The molecule has 0 aliphatic heterocycles. The number of thioether (sulfide) groups is 1. The summed E-state index contributed by atoms with van der Waals surface area (Å²) in [5.41, 5.74) is 2.41. The van der Waals surface area contributed by atoms with Crippen molar-refractivity contribution in [1.29, 1.82) is 0 Å². The number of benzene rings is 1. The Kier molecular flexibility index (Phi) is 3.31. The zero-order valence-corrected chi connectivity index (χ0v) is 8.32. The fourth-order valence-electron chi connectivity index (χ4n) is 1.04. The average molecular weight is 221 g/mol. The fraction of sp³-hybridized carbons (Fsp3) is 0.333. The first-order valence-corrected chi connectivity index (χ1v) is 4.86. The first-order chi connectivity index (χ1) is 6.38. The summed E-state index contributed by atoms with van der Waals surface area (Å²) in [6, 6.07) is 6.42. The van der Waals surface area contributed by atoms with Gasteiger partial charge >= 0.3 is 5.51 Å². The summed E-state index contributed by atoms with van der Waals surface area (Å²) in [5.74, 6) is 0. The summed E-state index contributed by atoms with van der Waals surface area (Å²) in [7, 11) is 0. The number of hydrogen-bond acceptors (Lipinski definition) is 2. The standard InChI is InChI=1S/C9H10F3NS/c1-6(14-9(10,11)12)7-2-4-8(13)5-3-7/h2-6H,13H2,1H3. The van der Waals surface area contributed by atoms with Crippen molar-refractivity contribution < 1.29 is 13.2 Å². The number of anilines is 1. The lowest BCUT2D eigenvalue weighted by Crippen LogP contribution is -2.03. The van der Waals surface area contributed by atoms with Crippen LogP contribution in [-0.4, -0.2) is 5.51 Å². The van der Waals surface area contributed by atoms with Gasteiger partial charge in [-0.15, -0.1) is 0 Å². The number of halogens is 3. The van der Waals surface area contributed by atoms with Crippen molar-refractivity contribution in [2.45, 2.75) is 17.7 Å². The Morgan fingerprint density at radius 1 is 1.21 bits per heavy atom. The van der Waals surface area contributed by atoms with E-state index in [0.717, 1.165) is 0 Å². The summed E-state index contributed by atoms with van der Waals surface area (Å²) in [6.07, 6.45) is 0. The van der Waals surface area contributed by atoms with Gasteiger partial charge in [0, 0.05) is 10.9 Å². The molecule has 1 aromatic rings. The molecule has 2 N–H and O–H groups in total. The minimum atomic E-state index is -4.19. The van der Waals surface area contributed by atoms with Crippen LogP contribution in [0.2, 0.25) is 0 Å². The van der Waals surface area contributed by atoms with Gasteiger partial charge in [-0.3, -0.25) is 0 Å². The van der Waals surface area contributed by atoms with Crippen LogP contribution in [0, 0.1) is 0 Å². The highest BCUT2D eigenvalue weighted by Gasteiger charge is 2.31. The Labute approximate surface area is 84.5 Å². The Hall–Kier alpha value is -0.840. The van der Waals surface area contributed by atoms with Gasteiger partial charge in [-0.05, 0) is 36.4 Å². The van der Waals surface area contributed by atoms with Crippen molar-refractivity contribution in [2.75, 3.05) is 5.73 Å². The van der Waals surface area contributed by atoms with Crippen molar-refractivity contribution in [2.24, 2.45) is 0 Å². The van der Waals surface area contributed by atoms with Gasteiger partial charge in [0.2, 0.25) is 0 Å². The van der Waals surface area contributed by atoms with Crippen LogP contribution in [0.15, 0.2) is 24.3 Å². The lowest BCUT2D eigenvalue weighted by molar-refractivity contribution is -0.0333. The van der Waals surface area contributed by atoms with Gasteiger partial charge in [0.15, 0.2) is 0 Å². The number of nitrogens with two attached hydrogens (primary N) is 1. The molecule has 0 aliphatic rings. The lowest BCUT2D eigenvalue weighted by Gasteiger charge is -2.13. The van der Waals surface area contributed by atoms with Crippen molar-refractivity contribution in [3.05, 3.63) is 29.8 Å². The molecule has 1 aromatic carbocycles. The predicted octanol–water partition coefficient (Wildman–Crippen LogP) is 3.58. The molecular weight excluding hydrogens is 211 g/mol. The van der Waals surface area contributed by atoms with Gasteiger partial charge in [-0.25, -0.2) is 0 Å². The van der Waals surface area contributed by atoms with Crippen molar-refractivity contribution in [3.63, 3.8) is 0 Å². The van der Waals surface area contributed by atoms with Gasteiger partial charge in [0.05, 0.1) is 0 Å². The Bertz CT molecular complexity index is 294. The second-order valence-corrected chi connectivity index (χ2v) is 4.28. The third-order valence-corrected chi connectivity index (χ3v) is 2.61. The van der Waals surface area contributed by atoms with Crippen LogP contribution < -0.4 is 5.73 Å². The van der Waals surface area contributed by atoms with E-state index in [4.69, 9.17) is 5.73 Å². The quantitative estimate of drug-likeness (QED) is 0.772. The van der Waals surface area contributed by atoms with E-state index in [1.807, 2.05) is 0 Å². The van der Waals surface area contributed by atoms with Crippen molar-refractivity contribution in [3.8, 4) is 0 Å². The normalized spacial score (nSPS) is 14.0. The minimum Gasteiger partial charge on any atom is -0.399 e. The van der Waals surface area contributed by atoms with Gasteiger partial charge in [0.25, 0.3) is 0 Å². The smallest absolute Gasteiger partial charge is 0.399 e. The van der Waals surface area contributed by atoms with Gasteiger partial charge in [-0.1, -0.05) is 12.1 Å². The number of rotatable bonds is 2. The summed E-state index contributed by atoms with van der Waals surface area (Å²) in [6.45, 7) is 1.52. The van der Waals surface area contributed by atoms with E-state index in [9.17, 15) is 13.2 Å². The molecule has 0 spiro atoms. The highest BCUT2D eigenvalue weighted by atomic mass is 32.2. The van der Waals surface area contributed by atoms with E-state index in [1.165, 1.54) is 6.92 Å². The Morgan fingerprint density at radius 3 is 2.14 bits per heavy atom. The third-order valence-electron chi connectivity index (χ3n) is 1.72. The van der Waals surface area contributed by atoms with E-state index >= 15 is 0 Å². The first-order valence-electron chi connectivity index (χ1n) is 3.98. The predicted molar refractivity (Wildman–Crippen MR) is 52.9 cm³/mol. The molecule has 1 nitrogen and oxygen atoms in total. The minimum absolute atomic E-state index is 0.0251. The van der Waals surface area contributed by atoms with Crippen molar-refractivity contribution in [1.82, 2.24) is 0 Å². The fourth-order valence-corrected chi connectivity index (χ4v) is 1.73. The number of nitrogen functional groups attached to an aromatic ring is 1. The lowest BCUT2D eigenvalue weighted by atomic mass is 10.1. The summed E-state index contributed by atoms with van der Waals surface area (Å²) >= 11 is -0.0251. The van der Waals surface area contributed by atoms with Crippen LogP contribution in [0.4, 0.5) is 18.9 Å². The van der Waals surface area contributed by atoms with Crippen LogP contribution in [0.5, 0.6) is 0 Å². The third kappa shape index (κ3) is 3.49. The molecule has 0 heterocycles. The van der Waals surface area contributed by atoms with Gasteiger partial charge < -0.3 is 5.73 Å². The number of hydrogen-bond donors (Lipinski definition) is 1. The maximum absolute atomic E-state index is 12.0. The highest BCUT2D eigenvalue weighted by molar-refractivity contribution is 8.00. The average Bonchev–Trinajstić information content (AvgIpc) is 2.02. The SMILES string of the molecule is CC(SC(F)(F)F)c1ccc(N)cc1. The molecule has 0 saturated carbocycles. The Balaban J connectivity index is 2.70. The van der Waals surface area contributed by atoms with Crippen LogP contribution in [0.1, 0.15) is 17.7 Å². The van der Waals surface area contributed by atoms with Crippen LogP contribution in [0.25, 0.3) is 0 Å². The molecule has 0 aromatic heterocycles. The van der Waals surface area contributed by atoms with Crippen molar-refractivity contribution >= 4 is 17.4 Å². The molecule has 14 heavy (non-hydrogen) atoms. The topological polar surface area (TPSA) is 26.0 Å². The molecule has 5 heteroatoms. The molecule has 1 unspecified atom stereocenters. The molecule has 1 rings (SSSR count). The van der Waals surface area contributed by atoms with E-state index in [2.05, 4.69) is 0 Å². The largest absolute Gasteiger partial charge is 0.442 e. The van der Waals surface area contributed by atoms with Gasteiger partial charge in [0.1, 0.15) is 0 Å². The molecule has 1 atom stereocenters. The van der Waals surface area contributed by atoms with Gasteiger partial charge in [-0.2, -0.15) is 13.2 Å². The molecule has 0 bridgehead atoms. The molecular formula is C9H10F3NS. The maximum atomic E-state index is 12.0. The summed E-state index contributed by atoms with van der Waals surface area (Å²) in [4.78, 5) is 0. The molecule has 0 saturated heterocycles. The summed E-state index contributed by atoms with van der Waals surface area (Å²) < 4.78 is 36.0. The second-order valence-electron chi connectivity index (χ2n) is 2.87. The molecule has 0 radical (unpaired) electrons. The van der Waals surface area contributed by atoms with E-state index < -0.39 is 10.8 Å². The van der Waals surface area contributed by atoms with E-state index in [0.29, 0.717) is 11.3 Å². The van der Waals surface area contributed by atoms with E-state index in [-0.39, 0.29) is 11.8 Å². The van der Waals surface area contributed by atoms with E-state index in [1.54, 1.807) is 24.3 Å². The summed E-state index contributed by atoms with van der Waals surface area (Å²) in [5, 5.41) is -0.601. The maximum Gasteiger partial charge on any atom is 0.442 e. The molecule has 0 aliphatic carbocycles. The molecule has 78 valence electrons. The Morgan fingerprint density at radius 2 is 1.71 bits per heavy atom. The first kappa shape index (κ1) is 11.2. The monoisotopic (exact) mass is 221 g/mol.